The number of nitrogens with zero attached hydrogens (tertiary/aromatic N) is 4. The van der Waals surface area contributed by atoms with E-state index in [1.807, 2.05) is 12.1 Å². The van der Waals surface area contributed by atoms with Crippen LogP contribution in [0, 0.1) is 0 Å². The highest BCUT2D eigenvalue weighted by molar-refractivity contribution is 6.35. The minimum atomic E-state index is 0.545. The molecule has 6 nitrogen and oxygen atoms in total. The van der Waals surface area contributed by atoms with E-state index in [-0.39, 0.29) is 0 Å². The van der Waals surface area contributed by atoms with Crippen LogP contribution in [0.1, 0.15) is 12.8 Å². The number of halogens is 2. The van der Waals surface area contributed by atoms with Crippen LogP contribution < -0.4 is 5.32 Å². The fourth-order valence-electron chi connectivity index (χ4n) is 2.89. The second-order valence-electron chi connectivity index (χ2n) is 6.03. The maximum absolute atomic E-state index is 6.10. The largest absolute Gasteiger partial charge is 0.377 e. The van der Waals surface area contributed by atoms with Crippen LogP contribution >= 0.6 is 23.2 Å². The molecule has 26 heavy (non-hydrogen) atoms. The van der Waals surface area contributed by atoms with Gasteiger partial charge in [0.25, 0.3) is 0 Å². The summed E-state index contributed by atoms with van der Waals surface area (Å²) in [5.41, 5.74) is 2.85. The van der Waals surface area contributed by atoms with Gasteiger partial charge in [0.2, 0.25) is 0 Å². The molecule has 0 bridgehead atoms. The lowest BCUT2D eigenvalue weighted by molar-refractivity contribution is 0.153. The van der Waals surface area contributed by atoms with Crippen LogP contribution in [0.3, 0.4) is 0 Å². The van der Waals surface area contributed by atoms with E-state index in [4.69, 9.17) is 27.9 Å². The third kappa shape index (κ3) is 3.82. The van der Waals surface area contributed by atoms with Crippen molar-refractivity contribution in [3.63, 3.8) is 0 Å². The van der Waals surface area contributed by atoms with E-state index >= 15 is 0 Å². The topological polar surface area (TPSA) is 64.3 Å². The number of nitrogens with one attached hydrogen (secondary N) is 1. The van der Waals surface area contributed by atoms with E-state index in [0.717, 1.165) is 37.4 Å². The van der Waals surface area contributed by atoms with Crippen LogP contribution in [-0.2, 0) is 4.74 Å². The van der Waals surface area contributed by atoms with Crippen molar-refractivity contribution in [2.45, 2.75) is 12.8 Å². The molecule has 2 aromatic heterocycles. The van der Waals surface area contributed by atoms with Crippen LogP contribution in [0.15, 0.2) is 42.0 Å². The first-order valence-corrected chi connectivity index (χ1v) is 9.13. The van der Waals surface area contributed by atoms with Gasteiger partial charge in [-0.15, -0.1) is 15.3 Å². The molecule has 0 saturated heterocycles. The molecule has 1 N–H and O–H groups in total. The average molecular weight is 390 g/mol. The summed E-state index contributed by atoms with van der Waals surface area (Å²) in [7, 11) is 0. The molecule has 0 atom stereocenters. The van der Waals surface area contributed by atoms with Crippen molar-refractivity contribution in [3.05, 3.63) is 52.0 Å². The number of aromatic nitrogens is 4. The van der Waals surface area contributed by atoms with Crippen molar-refractivity contribution < 1.29 is 4.74 Å². The summed E-state index contributed by atoms with van der Waals surface area (Å²) in [4.78, 5) is 0. The Labute approximate surface area is 160 Å². The summed E-state index contributed by atoms with van der Waals surface area (Å²) < 4.78 is 7.02. The SMILES string of the molecule is Clc1cc(Cl)cc(-c2nnc3ccc(NCCC4=CCOCC4)nn23)c1. The number of rotatable bonds is 5. The van der Waals surface area contributed by atoms with Crippen LogP contribution in [0.2, 0.25) is 10.0 Å². The molecule has 3 aromatic rings. The van der Waals surface area contributed by atoms with Gasteiger partial charge in [0, 0.05) is 22.2 Å². The van der Waals surface area contributed by atoms with Crippen molar-refractivity contribution in [1.29, 1.82) is 0 Å². The highest BCUT2D eigenvalue weighted by Gasteiger charge is 2.12. The zero-order valence-corrected chi connectivity index (χ0v) is 15.5. The van der Waals surface area contributed by atoms with E-state index in [2.05, 4.69) is 26.7 Å². The smallest absolute Gasteiger partial charge is 0.185 e. The van der Waals surface area contributed by atoms with Crippen LogP contribution in [0.5, 0.6) is 0 Å². The van der Waals surface area contributed by atoms with Gasteiger partial charge in [-0.3, -0.25) is 0 Å². The molecule has 0 radical (unpaired) electrons. The molecule has 3 heterocycles. The molecule has 1 aliphatic rings. The van der Waals surface area contributed by atoms with Gasteiger partial charge in [-0.1, -0.05) is 34.9 Å². The Kier molecular flexibility index (Phi) is 5.06. The highest BCUT2D eigenvalue weighted by Crippen LogP contribution is 2.26. The molecular formula is C18H17Cl2N5O. The molecule has 1 aliphatic heterocycles. The molecule has 0 amide bonds. The number of hydrogen-bond donors (Lipinski definition) is 1. The zero-order chi connectivity index (χ0) is 17.9. The first-order chi connectivity index (χ1) is 12.7. The maximum Gasteiger partial charge on any atom is 0.185 e. The van der Waals surface area contributed by atoms with Gasteiger partial charge in [0.1, 0.15) is 5.82 Å². The lowest BCUT2D eigenvalue weighted by Gasteiger charge is -2.13. The predicted molar refractivity (Wildman–Crippen MR) is 103 cm³/mol. The molecule has 0 spiro atoms. The van der Waals surface area contributed by atoms with Gasteiger partial charge in [0.15, 0.2) is 11.5 Å². The van der Waals surface area contributed by atoms with Gasteiger partial charge < -0.3 is 10.1 Å². The number of anilines is 1. The number of hydrogen-bond acceptors (Lipinski definition) is 5. The Balaban J connectivity index is 1.55. The lowest BCUT2D eigenvalue weighted by Crippen LogP contribution is -2.10. The number of benzene rings is 1. The molecule has 4 rings (SSSR count). The van der Waals surface area contributed by atoms with Crippen LogP contribution in [0.4, 0.5) is 5.82 Å². The van der Waals surface area contributed by atoms with Crippen molar-refractivity contribution in [3.8, 4) is 11.4 Å². The first kappa shape index (κ1) is 17.3. The number of ether oxygens (including phenoxy) is 1. The molecule has 134 valence electrons. The minimum Gasteiger partial charge on any atom is -0.377 e. The molecular weight excluding hydrogens is 373 g/mol. The predicted octanol–water partition coefficient (Wildman–Crippen LogP) is 4.25. The Morgan fingerprint density at radius 3 is 2.73 bits per heavy atom. The Morgan fingerprint density at radius 1 is 1.12 bits per heavy atom. The van der Waals surface area contributed by atoms with Gasteiger partial charge in [-0.25, -0.2) is 0 Å². The normalized spacial score (nSPS) is 14.5. The van der Waals surface area contributed by atoms with Gasteiger partial charge in [0.05, 0.1) is 13.2 Å². The Morgan fingerprint density at radius 2 is 1.96 bits per heavy atom. The zero-order valence-electron chi connectivity index (χ0n) is 14.0. The fourth-order valence-corrected chi connectivity index (χ4v) is 3.42. The van der Waals surface area contributed by atoms with E-state index in [9.17, 15) is 0 Å². The molecule has 0 aliphatic carbocycles. The molecule has 8 heteroatoms. The number of fused-ring (bicyclic) bond motifs is 1. The monoisotopic (exact) mass is 389 g/mol. The van der Waals surface area contributed by atoms with Crippen molar-refractivity contribution in [2.75, 3.05) is 25.1 Å². The molecule has 0 fully saturated rings. The van der Waals surface area contributed by atoms with Gasteiger partial charge in [-0.05, 0) is 43.2 Å². The van der Waals surface area contributed by atoms with Gasteiger partial charge >= 0.3 is 0 Å². The van der Waals surface area contributed by atoms with E-state index in [1.165, 1.54) is 5.57 Å². The van der Waals surface area contributed by atoms with Crippen molar-refractivity contribution in [1.82, 2.24) is 19.8 Å². The summed E-state index contributed by atoms with van der Waals surface area (Å²) in [5, 5.41) is 17.4. The summed E-state index contributed by atoms with van der Waals surface area (Å²) in [6, 6.07) is 9.05. The molecule has 0 saturated carbocycles. The van der Waals surface area contributed by atoms with E-state index < -0.39 is 0 Å². The quantitative estimate of drug-likeness (QED) is 0.660. The van der Waals surface area contributed by atoms with Crippen LogP contribution in [-0.4, -0.2) is 39.6 Å². The first-order valence-electron chi connectivity index (χ1n) is 8.37. The third-order valence-corrected chi connectivity index (χ3v) is 4.63. The average Bonchev–Trinajstić information content (AvgIpc) is 3.05. The Hall–Kier alpha value is -2.15. The third-order valence-electron chi connectivity index (χ3n) is 4.19. The molecule has 1 aromatic carbocycles. The highest BCUT2D eigenvalue weighted by atomic mass is 35.5. The summed E-state index contributed by atoms with van der Waals surface area (Å²) in [5.74, 6) is 1.36. The lowest BCUT2D eigenvalue weighted by atomic mass is 10.1. The van der Waals surface area contributed by atoms with Crippen molar-refractivity contribution >= 4 is 34.7 Å². The summed E-state index contributed by atoms with van der Waals surface area (Å²) in [6.07, 6.45) is 4.13. The summed E-state index contributed by atoms with van der Waals surface area (Å²) >= 11 is 12.2. The van der Waals surface area contributed by atoms with E-state index in [1.54, 1.807) is 22.7 Å². The second kappa shape index (κ2) is 7.61. The summed E-state index contributed by atoms with van der Waals surface area (Å²) in [6.45, 7) is 2.33. The molecule has 0 unspecified atom stereocenters. The maximum atomic E-state index is 6.10. The minimum absolute atomic E-state index is 0.545. The standard InChI is InChI=1S/C18H17Cl2N5O/c19-14-9-13(10-15(20)11-14)18-23-22-17-2-1-16(24-25(17)18)21-6-3-12-4-7-26-8-5-12/h1-2,4,9-11H,3,5-8H2,(H,21,24). The van der Waals surface area contributed by atoms with Crippen molar-refractivity contribution in [2.24, 2.45) is 0 Å². The van der Waals surface area contributed by atoms with E-state index in [0.29, 0.717) is 28.1 Å². The van der Waals surface area contributed by atoms with Gasteiger partial charge in [-0.2, -0.15) is 4.52 Å². The fraction of sp³-hybridized carbons (Fsp3) is 0.278. The Bertz CT molecular complexity index is 949. The second-order valence-corrected chi connectivity index (χ2v) is 6.91. The van der Waals surface area contributed by atoms with Crippen LogP contribution in [0.25, 0.3) is 17.0 Å².